The van der Waals surface area contributed by atoms with Crippen molar-refractivity contribution in [3.05, 3.63) is 22.9 Å². The van der Waals surface area contributed by atoms with Gasteiger partial charge in [-0.05, 0) is 0 Å². The standard InChI is InChI=1S/C9H4ClF5N2O/c10-2-5-7(8(11)12)4(3-16)1-6(17-5)18-9(13,14)15/h1,8H,2H2. The Morgan fingerprint density at radius 2 is 2.06 bits per heavy atom. The van der Waals surface area contributed by atoms with E-state index in [0.717, 1.165) is 0 Å². The third kappa shape index (κ3) is 3.43. The largest absolute Gasteiger partial charge is 0.574 e. The van der Waals surface area contributed by atoms with Gasteiger partial charge in [-0.3, -0.25) is 0 Å². The van der Waals surface area contributed by atoms with Crippen molar-refractivity contribution < 1.29 is 26.7 Å². The molecule has 98 valence electrons. The zero-order valence-electron chi connectivity index (χ0n) is 8.43. The fraction of sp³-hybridized carbons (Fsp3) is 0.333. The highest BCUT2D eigenvalue weighted by Crippen LogP contribution is 2.31. The van der Waals surface area contributed by atoms with Crippen LogP contribution < -0.4 is 4.74 Å². The van der Waals surface area contributed by atoms with Crippen molar-refractivity contribution in [1.29, 1.82) is 5.26 Å². The Bertz CT molecular complexity index is 483. The Kier molecular flexibility index (Phi) is 4.29. The molecule has 0 saturated heterocycles. The number of nitriles is 1. The molecule has 0 radical (unpaired) electrons. The molecule has 0 aliphatic heterocycles. The van der Waals surface area contributed by atoms with Gasteiger partial charge in [0, 0.05) is 6.07 Å². The molecular weight excluding hydrogens is 283 g/mol. The summed E-state index contributed by atoms with van der Waals surface area (Å²) in [6.07, 6.45) is -8.10. The van der Waals surface area contributed by atoms with Gasteiger partial charge in [0.05, 0.1) is 28.8 Å². The number of aromatic nitrogens is 1. The van der Waals surface area contributed by atoms with Crippen LogP contribution in [-0.2, 0) is 5.88 Å². The van der Waals surface area contributed by atoms with Crippen LogP contribution in [0.5, 0.6) is 5.88 Å². The number of hydrogen-bond donors (Lipinski definition) is 0. The first-order valence-corrected chi connectivity index (χ1v) is 4.85. The molecule has 1 rings (SSSR count). The summed E-state index contributed by atoms with van der Waals surface area (Å²) < 4.78 is 64.5. The van der Waals surface area contributed by atoms with Gasteiger partial charge in [-0.15, -0.1) is 24.8 Å². The number of ether oxygens (including phenoxy) is 1. The number of hydrogen-bond acceptors (Lipinski definition) is 3. The molecule has 0 fully saturated rings. The minimum atomic E-state index is -5.03. The summed E-state index contributed by atoms with van der Waals surface area (Å²) in [6.45, 7) is 0. The summed E-state index contributed by atoms with van der Waals surface area (Å²) >= 11 is 5.31. The molecule has 1 aromatic heterocycles. The van der Waals surface area contributed by atoms with Crippen molar-refractivity contribution in [2.45, 2.75) is 18.7 Å². The normalized spacial score (nSPS) is 11.4. The molecule has 0 atom stereocenters. The summed E-state index contributed by atoms with van der Waals surface area (Å²) in [5.41, 5.74) is -1.97. The van der Waals surface area contributed by atoms with Gasteiger partial charge in [0.25, 0.3) is 6.43 Å². The van der Waals surface area contributed by atoms with E-state index in [-0.39, 0.29) is 0 Å². The van der Waals surface area contributed by atoms with Crippen LogP contribution in [0.2, 0.25) is 0 Å². The third-order valence-electron chi connectivity index (χ3n) is 1.80. The molecule has 1 heterocycles. The van der Waals surface area contributed by atoms with E-state index in [9.17, 15) is 22.0 Å². The van der Waals surface area contributed by atoms with Crippen molar-refractivity contribution in [3.8, 4) is 11.9 Å². The van der Waals surface area contributed by atoms with Gasteiger partial charge in [0.2, 0.25) is 5.88 Å². The number of alkyl halides is 6. The van der Waals surface area contributed by atoms with Crippen LogP contribution in [0, 0.1) is 11.3 Å². The van der Waals surface area contributed by atoms with Crippen LogP contribution in [0.3, 0.4) is 0 Å². The van der Waals surface area contributed by atoms with Crippen molar-refractivity contribution >= 4 is 11.6 Å². The summed E-state index contributed by atoms with van der Waals surface area (Å²) in [5, 5.41) is 8.62. The van der Waals surface area contributed by atoms with Crippen LogP contribution in [0.25, 0.3) is 0 Å². The summed E-state index contributed by atoms with van der Waals surface area (Å²) in [4.78, 5) is 3.20. The first kappa shape index (κ1) is 14.4. The van der Waals surface area contributed by atoms with Crippen molar-refractivity contribution in [3.63, 3.8) is 0 Å². The van der Waals surface area contributed by atoms with Gasteiger partial charge in [-0.2, -0.15) is 5.26 Å². The molecule has 0 spiro atoms. The fourth-order valence-corrected chi connectivity index (χ4v) is 1.39. The molecular formula is C9H4ClF5N2O. The van der Waals surface area contributed by atoms with E-state index in [2.05, 4.69) is 9.72 Å². The first-order chi connectivity index (χ1) is 8.28. The van der Waals surface area contributed by atoms with Gasteiger partial charge in [0.15, 0.2) is 0 Å². The van der Waals surface area contributed by atoms with Gasteiger partial charge in [-0.25, -0.2) is 13.8 Å². The van der Waals surface area contributed by atoms with Gasteiger partial charge < -0.3 is 4.74 Å². The maximum Gasteiger partial charge on any atom is 0.574 e. The van der Waals surface area contributed by atoms with E-state index in [0.29, 0.717) is 6.07 Å². The maximum atomic E-state index is 12.6. The summed E-state index contributed by atoms with van der Waals surface area (Å²) in [7, 11) is 0. The van der Waals surface area contributed by atoms with Crippen molar-refractivity contribution in [2.75, 3.05) is 0 Å². The molecule has 0 aliphatic carbocycles. The zero-order valence-corrected chi connectivity index (χ0v) is 9.19. The SMILES string of the molecule is N#Cc1cc(OC(F)(F)F)nc(CCl)c1C(F)F. The lowest BCUT2D eigenvalue weighted by Gasteiger charge is -2.12. The number of halogens is 6. The van der Waals surface area contributed by atoms with Crippen LogP contribution in [0.1, 0.15) is 23.2 Å². The quantitative estimate of drug-likeness (QED) is 0.631. The average Bonchev–Trinajstić information content (AvgIpc) is 2.24. The Labute approximate surface area is 103 Å². The Morgan fingerprint density at radius 1 is 1.44 bits per heavy atom. The lowest BCUT2D eigenvalue weighted by atomic mass is 10.1. The average molecular weight is 287 g/mol. The van der Waals surface area contributed by atoms with Crippen LogP contribution >= 0.6 is 11.6 Å². The second kappa shape index (κ2) is 5.35. The van der Waals surface area contributed by atoms with E-state index in [4.69, 9.17) is 16.9 Å². The Balaban J connectivity index is 3.32. The Hall–Kier alpha value is -1.62. The second-order valence-corrected chi connectivity index (χ2v) is 3.23. The van der Waals surface area contributed by atoms with Crippen LogP contribution in [-0.4, -0.2) is 11.3 Å². The predicted octanol–water partition coefficient (Wildman–Crippen LogP) is 3.53. The number of nitrogens with zero attached hydrogens (tertiary/aromatic N) is 2. The maximum absolute atomic E-state index is 12.6. The van der Waals surface area contributed by atoms with Gasteiger partial charge in [-0.1, -0.05) is 0 Å². The van der Waals surface area contributed by atoms with E-state index in [1.807, 2.05) is 0 Å². The summed E-state index contributed by atoms with van der Waals surface area (Å²) in [5.74, 6) is -1.57. The number of pyridine rings is 1. The molecule has 18 heavy (non-hydrogen) atoms. The molecule has 1 aromatic rings. The van der Waals surface area contributed by atoms with Gasteiger partial charge in [0.1, 0.15) is 0 Å². The molecule has 0 N–H and O–H groups in total. The second-order valence-electron chi connectivity index (χ2n) is 2.96. The molecule has 9 heteroatoms. The van der Waals surface area contributed by atoms with E-state index in [1.165, 1.54) is 6.07 Å². The van der Waals surface area contributed by atoms with Crippen molar-refractivity contribution in [2.24, 2.45) is 0 Å². The fourth-order valence-electron chi connectivity index (χ4n) is 1.19. The highest BCUT2D eigenvalue weighted by Gasteiger charge is 2.33. The van der Waals surface area contributed by atoms with Crippen molar-refractivity contribution in [1.82, 2.24) is 4.98 Å². The van der Waals surface area contributed by atoms with E-state index < -0.39 is 41.4 Å². The highest BCUT2D eigenvalue weighted by atomic mass is 35.5. The lowest BCUT2D eigenvalue weighted by molar-refractivity contribution is -0.276. The molecule has 0 aromatic carbocycles. The predicted molar refractivity (Wildman–Crippen MR) is 50.1 cm³/mol. The minimum Gasteiger partial charge on any atom is -0.388 e. The third-order valence-corrected chi connectivity index (χ3v) is 2.05. The number of rotatable bonds is 3. The van der Waals surface area contributed by atoms with Crippen LogP contribution in [0.4, 0.5) is 22.0 Å². The molecule has 0 saturated carbocycles. The van der Waals surface area contributed by atoms with Gasteiger partial charge >= 0.3 is 6.36 Å². The topological polar surface area (TPSA) is 45.9 Å². The monoisotopic (exact) mass is 286 g/mol. The lowest BCUT2D eigenvalue weighted by Crippen LogP contribution is -2.18. The minimum absolute atomic E-state index is 0.491. The highest BCUT2D eigenvalue weighted by molar-refractivity contribution is 6.17. The molecule has 0 amide bonds. The molecule has 0 aliphatic rings. The smallest absolute Gasteiger partial charge is 0.388 e. The van der Waals surface area contributed by atoms with E-state index >= 15 is 0 Å². The Morgan fingerprint density at radius 3 is 2.44 bits per heavy atom. The molecule has 3 nitrogen and oxygen atoms in total. The first-order valence-electron chi connectivity index (χ1n) is 4.32. The van der Waals surface area contributed by atoms with E-state index in [1.54, 1.807) is 0 Å². The van der Waals surface area contributed by atoms with Crippen LogP contribution in [0.15, 0.2) is 6.07 Å². The summed E-state index contributed by atoms with van der Waals surface area (Å²) in [6, 6.07) is 1.84. The molecule has 0 bridgehead atoms. The molecule has 0 unspecified atom stereocenters. The zero-order chi connectivity index (χ0) is 13.9.